The molecule has 2 unspecified atom stereocenters. The molecule has 0 bridgehead atoms. The minimum absolute atomic E-state index is 0.0164. The average Bonchev–Trinajstić information content (AvgIpc) is 2.56. The second-order valence-corrected chi connectivity index (χ2v) is 7.08. The number of anilines is 1. The van der Waals surface area contributed by atoms with Crippen LogP contribution in [-0.2, 0) is 5.54 Å². The molecular formula is C16H27N3O. The minimum Gasteiger partial charge on any atom is -0.363 e. The van der Waals surface area contributed by atoms with E-state index in [2.05, 4.69) is 17.2 Å². The molecule has 0 amide bonds. The molecule has 1 aliphatic carbocycles. The molecule has 112 valence electrons. The highest BCUT2D eigenvalue weighted by Gasteiger charge is 2.20. The van der Waals surface area contributed by atoms with Crippen LogP contribution in [0.1, 0.15) is 59.8 Å². The fourth-order valence-corrected chi connectivity index (χ4v) is 2.86. The second kappa shape index (κ2) is 5.98. The molecule has 0 spiro atoms. The number of rotatable bonds is 2. The highest BCUT2D eigenvalue weighted by atomic mass is 16.1. The van der Waals surface area contributed by atoms with Gasteiger partial charge in [-0.15, -0.1) is 0 Å². The number of hydrogen-bond acceptors (Lipinski definition) is 3. The molecule has 1 aliphatic rings. The van der Waals surface area contributed by atoms with Crippen LogP contribution in [0.4, 0.5) is 5.82 Å². The van der Waals surface area contributed by atoms with E-state index in [1.54, 1.807) is 17.0 Å². The third kappa shape index (κ3) is 3.62. The van der Waals surface area contributed by atoms with Crippen LogP contribution < -0.4 is 10.9 Å². The Labute approximate surface area is 121 Å². The maximum atomic E-state index is 12.5. The number of aromatic nitrogens is 2. The second-order valence-electron chi connectivity index (χ2n) is 7.08. The molecule has 2 atom stereocenters. The third-order valence-corrected chi connectivity index (χ3v) is 4.16. The van der Waals surface area contributed by atoms with E-state index in [9.17, 15) is 4.79 Å². The molecule has 0 saturated heterocycles. The zero-order valence-electron chi connectivity index (χ0n) is 13.1. The van der Waals surface area contributed by atoms with Crippen LogP contribution in [0.2, 0.25) is 0 Å². The average molecular weight is 277 g/mol. The van der Waals surface area contributed by atoms with Gasteiger partial charge in [-0.1, -0.05) is 19.8 Å². The van der Waals surface area contributed by atoms with Crippen LogP contribution in [-0.4, -0.2) is 15.6 Å². The van der Waals surface area contributed by atoms with Crippen molar-refractivity contribution in [3.63, 3.8) is 0 Å². The van der Waals surface area contributed by atoms with Crippen LogP contribution in [0.25, 0.3) is 0 Å². The normalized spacial score (nSPS) is 24.2. The van der Waals surface area contributed by atoms with E-state index >= 15 is 0 Å². The summed E-state index contributed by atoms with van der Waals surface area (Å²) in [6, 6.07) is 0.385. The van der Waals surface area contributed by atoms with Gasteiger partial charge in [0.05, 0.1) is 0 Å². The van der Waals surface area contributed by atoms with E-state index in [0.717, 1.165) is 18.8 Å². The van der Waals surface area contributed by atoms with Gasteiger partial charge in [0.15, 0.2) is 5.82 Å². The van der Waals surface area contributed by atoms with Crippen molar-refractivity contribution in [2.24, 2.45) is 5.92 Å². The van der Waals surface area contributed by atoms with E-state index in [1.807, 2.05) is 20.8 Å². The van der Waals surface area contributed by atoms with Gasteiger partial charge < -0.3 is 9.88 Å². The first-order valence-electron chi connectivity index (χ1n) is 7.72. The molecule has 0 aromatic carbocycles. The van der Waals surface area contributed by atoms with Crippen molar-refractivity contribution in [2.45, 2.75) is 71.4 Å². The summed E-state index contributed by atoms with van der Waals surface area (Å²) in [7, 11) is 0. The Hall–Kier alpha value is -1.32. The zero-order chi connectivity index (χ0) is 14.8. The Morgan fingerprint density at radius 3 is 2.70 bits per heavy atom. The van der Waals surface area contributed by atoms with Gasteiger partial charge in [0.25, 0.3) is 5.56 Å². The fraction of sp³-hybridized carbons (Fsp3) is 0.750. The van der Waals surface area contributed by atoms with E-state index in [1.165, 1.54) is 19.3 Å². The lowest BCUT2D eigenvalue weighted by atomic mass is 10.0. The molecule has 4 heteroatoms. The largest absolute Gasteiger partial charge is 0.363 e. The molecule has 1 fully saturated rings. The summed E-state index contributed by atoms with van der Waals surface area (Å²) >= 11 is 0. The summed E-state index contributed by atoms with van der Waals surface area (Å²) in [5, 5.41) is 3.38. The quantitative estimate of drug-likeness (QED) is 0.843. The number of nitrogens with one attached hydrogen (secondary N) is 1. The number of hydrogen-bond donors (Lipinski definition) is 1. The zero-order valence-corrected chi connectivity index (χ0v) is 13.1. The topological polar surface area (TPSA) is 46.9 Å². The molecule has 1 heterocycles. The van der Waals surface area contributed by atoms with E-state index in [0.29, 0.717) is 11.9 Å². The van der Waals surface area contributed by atoms with Crippen molar-refractivity contribution in [1.29, 1.82) is 0 Å². The molecule has 1 aromatic rings. The van der Waals surface area contributed by atoms with Gasteiger partial charge in [0.2, 0.25) is 0 Å². The highest BCUT2D eigenvalue weighted by molar-refractivity contribution is 5.32. The van der Waals surface area contributed by atoms with Crippen molar-refractivity contribution in [1.82, 2.24) is 9.55 Å². The van der Waals surface area contributed by atoms with Gasteiger partial charge in [-0.3, -0.25) is 4.79 Å². The summed E-state index contributed by atoms with van der Waals surface area (Å²) < 4.78 is 1.75. The predicted octanol–water partition coefficient (Wildman–Crippen LogP) is 3.38. The smallest absolute Gasteiger partial charge is 0.293 e. The fourth-order valence-electron chi connectivity index (χ4n) is 2.86. The van der Waals surface area contributed by atoms with E-state index in [4.69, 9.17) is 0 Å². The molecule has 4 nitrogen and oxygen atoms in total. The molecule has 1 aromatic heterocycles. The Morgan fingerprint density at radius 2 is 2.00 bits per heavy atom. The standard InChI is InChI=1S/C16H27N3O/c1-12-6-5-7-13(9-8-12)18-14-15(20)19(11-10-17-14)16(2,3)4/h10-13H,5-9H2,1-4H3,(H,17,18). The van der Waals surface area contributed by atoms with Gasteiger partial charge in [-0.2, -0.15) is 0 Å². The molecule has 20 heavy (non-hydrogen) atoms. The summed E-state index contributed by atoms with van der Waals surface area (Å²) in [5.74, 6) is 1.30. The maximum Gasteiger partial charge on any atom is 0.293 e. The van der Waals surface area contributed by atoms with E-state index in [-0.39, 0.29) is 11.1 Å². The van der Waals surface area contributed by atoms with Crippen LogP contribution >= 0.6 is 0 Å². The van der Waals surface area contributed by atoms with Crippen molar-refractivity contribution < 1.29 is 0 Å². The van der Waals surface area contributed by atoms with E-state index < -0.39 is 0 Å². The Balaban J connectivity index is 2.16. The van der Waals surface area contributed by atoms with Crippen LogP contribution in [0, 0.1) is 5.92 Å². The Kier molecular flexibility index (Phi) is 4.51. The summed E-state index contributed by atoms with van der Waals surface area (Å²) in [6.45, 7) is 8.41. The SMILES string of the molecule is CC1CCCC(Nc2nccn(C(C)(C)C)c2=O)CC1. The third-order valence-electron chi connectivity index (χ3n) is 4.16. The Bertz CT molecular complexity index is 501. The van der Waals surface area contributed by atoms with Gasteiger partial charge in [0.1, 0.15) is 0 Å². The van der Waals surface area contributed by atoms with Crippen molar-refractivity contribution in [3.05, 3.63) is 22.7 Å². The Morgan fingerprint density at radius 1 is 1.25 bits per heavy atom. The molecule has 1 saturated carbocycles. The molecule has 2 rings (SSSR count). The molecule has 0 aliphatic heterocycles. The highest BCUT2D eigenvalue weighted by Crippen LogP contribution is 2.24. The van der Waals surface area contributed by atoms with Gasteiger partial charge in [-0.25, -0.2) is 4.98 Å². The molecule has 0 radical (unpaired) electrons. The summed E-state index contributed by atoms with van der Waals surface area (Å²) in [4.78, 5) is 16.7. The lowest BCUT2D eigenvalue weighted by molar-refractivity contribution is 0.383. The van der Waals surface area contributed by atoms with Crippen LogP contribution in [0.15, 0.2) is 17.2 Å². The first kappa shape index (κ1) is 15.1. The monoisotopic (exact) mass is 277 g/mol. The van der Waals surface area contributed by atoms with Crippen molar-refractivity contribution >= 4 is 5.82 Å². The first-order chi connectivity index (χ1) is 9.38. The summed E-state index contributed by atoms with van der Waals surface area (Å²) in [5.41, 5.74) is -0.230. The van der Waals surface area contributed by atoms with Crippen molar-refractivity contribution in [3.8, 4) is 0 Å². The predicted molar refractivity (Wildman–Crippen MR) is 83.2 cm³/mol. The molecule has 1 N–H and O–H groups in total. The lowest BCUT2D eigenvalue weighted by Gasteiger charge is -2.23. The van der Waals surface area contributed by atoms with Crippen LogP contribution in [0.3, 0.4) is 0 Å². The maximum absolute atomic E-state index is 12.5. The molecular weight excluding hydrogens is 250 g/mol. The van der Waals surface area contributed by atoms with Crippen molar-refractivity contribution in [2.75, 3.05) is 5.32 Å². The van der Waals surface area contributed by atoms with Gasteiger partial charge in [-0.05, 0) is 46.0 Å². The van der Waals surface area contributed by atoms with Gasteiger partial charge in [0, 0.05) is 24.0 Å². The lowest BCUT2D eigenvalue weighted by Crippen LogP contribution is -2.36. The van der Waals surface area contributed by atoms with Gasteiger partial charge >= 0.3 is 0 Å². The number of nitrogens with zero attached hydrogens (tertiary/aromatic N) is 2. The minimum atomic E-state index is -0.214. The first-order valence-corrected chi connectivity index (χ1v) is 7.72. The summed E-state index contributed by atoms with van der Waals surface area (Å²) in [6.07, 6.45) is 9.52. The van der Waals surface area contributed by atoms with Crippen LogP contribution in [0.5, 0.6) is 0 Å².